The summed E-state index contributed by atoms with van der Waals surface area (Å²) in [4.78, 5) is -0.296. The molecule has 4 N–H and O–H groups in total. The van der Waals surface area contributed by atoms with Crippen LogP contribution in [0.2, 0.25) is 0 Å². The van der Waals surface area contributed by atoms with Crippen molar-refractivity contribution < 1.29 is 17.9 Å². The number of halogens is 1. The third-order valence-electron chi connectivity index (χ3n) is 4.10. The van der Waals surface area contributed by atoms with Crippen molar-refractivity contribution in [2.45, 2.75) is 43.1 Å². The third-order valence-corrected chi connectivity index (χ3v) is 5.56. The topological polar surface area (TPSA) is 92.4 Å². The summed E-state index contributed by atoms with van der Waals surface area (Å²) < 4.78 is 40.1. The van der Waals surface area contributed by atoms with Gasteiger partial charge in [-0.1, -0.05) is 13.0 Å². The Balaban J connectivity index is 2.10. The molecule has 0 radical (unpaired) electrons. The number of sulfonamides is 1. The van der Waals surface area contributed by atoms with Gasteiger partial charge in [0.2, 0.25) is 10.0 Å². The van der Waals surface area contributed by atoms with E-state index in [4.69, 9.17) is 5.73 Å². The highest BCUT2D eigenvalue weighted by Gasteiger charge is 2.33. The number of anilines is 1. The Labute approximate surface area is 124 Å². The van der Waals surface area contributed by atoms with E-state index in [-0.39, 0.29) is 11.4 Å². The molecule has 0 amide bonds. The van der Waals surface area contributed by atoms with Crippen LogP contribution in [0.3, 0.4) is 0 Å². The van der Waals surface area contributed by atoms with Gasteiger partial charge in [-0.3, -0.25) is 0 Å². The molecular weight excluding hydrogens is 295 g/mol. The van der Waals surface area contributed by atoms with E-state index in [2.05, 4.69) is 11.6 Å². The normalized spacial score (nSPS) is 26.7. The van der Waals surface area contributed by atoms with Crippen LogP contribution in [-0.4, -0.2) is 25.7 Å². The zero-order chi connectivity index (χ0) is 15.7. The Hall–Kier alpha value is -1.18. The number of hydrogen-bond donors (Lipinski definition) is 3. The Morgan fingerprint density at radius 3 is 2.67 bits per heavy atom. The van der Waals surface area contributed by atoms with Gasteiger partial charge in [0.25, 0.3) is 0 Å². The molecule has 0 heterocycles. The molecule has 1 saturated carbocycles. The maximum absolute atomic E-state index is 13.4. The van der Waals surface area contributed by atoms with Crippen molar-refractivity contribution in [3.8, 4) is 0 Å². The van der Waals surface area contributed by atoms with Crippen molar-refractivity contribution in [2.75, 3.05) is 12.3 Å². The quantitative estimate of drug-likeness (QED) is 0.736. The summed E-state index contributed by atoms with van der Waals surface area (Å²) in [5.74, 6) is -0.233. The highest BCUT2D eigenvalue weighted by atomic mass is 32.2. The zero-order valence-electron chi connectivity index (χ0n) is 12.0. The number of rotatable bonds is 4. The molecule has 0 aliphatic heterocycles. The largest absolute Gasteiger partial charge is 0.395 e. The highest BCUT2D eigenvalue weighted by molar-refractivity contribution is 7.89. The molecule has 0 unspecified atom stereocenters. The van der Waals surface area contributed by atoms with Crippen molar-refractivity contribution in [1.29, 1.82) is 0 Å². The maximum Gasteiger partial charge on any atom is 0.242 e. The molecular formula is C14H21FN2O3S. The van der Waals surface area contributed by atoms with E-state index in [1.807, 2.05) is 0 Å². The van der Waals surface area contributed by atoms with Gasteiger partial charge in [0.15, 0.2) is 0 Å². The van der Waals surface area contributed by atoms with Crippen molar-refractivity contribution in [3.63, 3.8) is 0 Å². The van der Waals surface area contributed by atoms with Crippen molar-refractivity contribution in [2.24, 2.45) is 5.92 Å². The van der Waals surface area contributed by atoms with E-state index in [0.717, 1.165) is 18.9 Å². The van der Waals surface area contributed by atoms with Gasteiger partial charge in [-0.15, -0.1) is 0 Å². The lowest BCUT2D eigenvalue weighted by molar-refractivity contribution is -0.00182. The third kappa shape index (κ3) is 3.72. The monoisotopic (exact) mass is 316 g/mol. The van der Waals surface area contributed by atoms with Gasteiger partial charge in [0.05, 0.1) is 11.3 Å². The maximum atomic E-state index is 13.4. The first-order valence-electron chi connectivity index (χ1n) is 6.99. The Bertz CT molecular complexity index is 611. The molecule has 1 fully saturated rings. The van der Waals surface area contributed by atoms with Crippen LogP contribution < -0.4 is 10.5 Å². The minimum absolute atomic E-state index is 0.0853. The van der Waals surface area contributed by atoms with E-state index in [1.165, 1.54) is 12.1 Å². The van der Waals surface area contributed by atoms with Crippen LogP contribution in [0.5, 0.6) is 0 Å². The summed E-state index contributed by atoms with van der Waals surface area (Å²) in [5, 5.41) is 10.4. The minimum Gasteiger partial charge on any atom is -0.395 e. The fraction of sp³-hybridized carbons (Fsp3) is 0.571. The predicted octanol–water partition coefficient (Wildman–Crippen LogP) is 1.63. The van der Waals surface area contributed by atoms with E-state index in [9.17, 15) is 17.9 Å². The van der Waals surface area contributed by atoms with Gasteiger partial charge in [0, 0.05) is 6.54 Å². The number of hydrogen-bond acceptors (Lipinski definition) is 4. The van der Waals surface area contributed by atoms with Crippen LogP contribution in [0.1, 0.15) is 32.6 Å². The van der Waals surface area contributed by atoms with Crippen molar-refractivity contribution >= 4 is 15.7 Å². The zero-order valence-corrected chi connectivity index (χ0v) is 12.8. The smallest absolute Gasteiger partial charge is 0.242 e. The Kier molecular flexibility index (Phi) is 4.55. The van der Waals surface area contributed by atoms with E-state index in [0.29, 0.717) is 18.8 Å². The first-order chi connectivity index (χ1) is 9.73. The summed E-state index contributed by atoms with van der Waals surface area (Å²) in [6.45, 7) is 2.02. The lowest BCUT2D eigenvalue weighted by atomic mass is 9.80. The lowest BCUT2D eigenvalue weighted by Gasteiger charge is -2.34. The molecule has 0 bridgehead atoms. The summed E-state index contributed by atoms with van der Waals surface area (Å²) in [6, 6.07) is 3.63. The van der Waals surface area contributed by atoms with Gasteiger partial charge >= 0.3 is 0 Å². The van der Waals surface area contributed by atoms with E-state index < -0.39 is 27.1 Å². The Morgan fingerprint density at radius 1 is 1.43 bits per heavy atom. The highest BCUT2D eigenvalue weighted by Crippen LogP contribution is 2.31. The number of aliphatic hydroxyl groups is 1. The first-order valence-corrected chi connectivity index (χ1v) is 8.48. The molecule has 1 aromatic rings. The fourth-order valence-corrected chi connectivity index (χ4v) is 3.79. The van der Waals surface area contributed by atoms with Gasteiger partial charge in [-0.2, -0.15) is 0 Å². The molecule has 0 saturated heterocycles. The van der Waals surface area contributed by atoms with Gasteiger partial charge in [0.1, 0.15) is 10.7 Å². The second-order valence-corrected chi connectivity index (χ2v) is 7.62. The summed E-state index contributed by atoms with van der Waals surface area (Å²) in [7, 11) is -3.94. The summed E-state index contributed by atoms with van der Waals surface area (Å²) in [6.07, 6.45) is 2.82. The molecule has 0 atom stereocenters. The number of nitrogens with two attached hydrogens (primary N) is 1. The van der Waals surface area contributed by atoms with Gasteiger partial charge in [-0.25, -0.2) is 17.5 Å². The van der Waals surface area contributed by atoms with Crippen molar-refractivity contribution in [1.82, 2.24) is 4.72 Å². The first kappa shape index (κ1) is 16.2. The van der Waals surface area contributed by atoms with Crippen LogP contribution in [0, 0.1) is 11.7 Å². The second-order valence-electron chi connectivity index (χ2n) is 5.88. The summed E-state index contributed by atoms with van der Waals surface area (Å²) >= 11 is 0. The van der Waals surface area contributed by atoms with Gasteiger partial charge < -0.3 is 10.8 Å². The van der Waals surface area contributed by atoms with Crippen LogP contribution in [0.4, 0.5) is 10.1 Å². The van der Waals surface area contributed by atoms with E-state index >= 15 is 0 Å². The van der Waals surface area contributed by atoms with Crippen LogP contribution in [0.25, 0.3) is 0 Å². The lowest BCUT2D eigenvalue weighted by Crippen LogP contribution is -2.45. The molecule has 1 aromatic carbocycles. The predicted molar refractivity (Wildman–Crippen MR) is 78.6 cm³/mol. The number of nitrogens with one attached hydrogen (secondary N) is 1. The van der Waals surface area contributed by atoms with Crippen LogP contribution in [-0.2, 0) is 10.0 Å². The van der Waals surface area contributed by atoms with Crippen LogP contribution in [0.15, 0.2) is 23.1 Å². The SMILES string of the molecule is CC1CCC(O)(CNS(=O)(=O)c2cccc(F)c2N)CC1. The van der Waals surface area contributed by atoms with E-state index in [1.54, 1.807) is 0 Å². The minimum atomic E-state index is -3.94. The number of benzene rings is 1. The molecule has 118 valence electrons. The molecule has 7 heteroatoms. The molecule has 1 aliphatic rings. The average Bonchev–Trinajstić information content (AvgIpc) is 2.43. The molecule has 0 aromatic heterocycles. The molecule has 2 rings (SSSR count). The molecule has 0 spiro atoms. The van der Waals surface area contributed by atoms with Crippen LogP contribution >= 0.6 is 0 Å². The molecule has 21 heavy (non-hydrogen) atoms. The average molecular weight is 316 g/mol. The number of nitrogen functional groups attached to an aromatic ring is 1. The fourth-order valence-electron chi connectivity index (χ4n) is 2.53. The molecule has 1 aliphatic carbocycles. The van der Waals surface area contributed by atoms with Crippen molar-refractivity contribution in [3.05, 3.63) is 24.0 Å². The standard InChI is InChI=1S/C14H21FN2O3S/c1-10-5-7-14(18,8-6-10)9-17-21(19,20)12-4-2-3-11(15)13(12)16/h2-4,10,17-18H,5-9,16H2,1H3. The summed E-state index contributed by atoms with van der Waals surface area (Å²) in [5.41, 5.74) is 4.02. The molecule has 5 nitrogen and oxygen atoms in total. The Morgan fingerprint density at radius 2 is 2.05 bits per heavy atom. The number of para-hydroxylation sites is 1. The second kappa shape index (κ2) is 5.90. The van der Waals surface area contributed by atoms with Gasteiger partial charge in [-0.05, 0) is 43.7 Å².